The molecule has 0 saturated carbocycles. The van der Waals surface area contributed by atoms with Crippen molar-refractivity contribution in [2.24, 2.45) is 0 Å². The van der Waals surface area contributed by atoms with Gasteiger partial charge in [0.05, 0.1) is 27.2 Å². The molecule has 1 aliphatic rings. The van der Waals surface area contributed by atoms with E-state index in [1.807, 2.05) is 42.6 Å². The number of hydrogen-bond donors (Lipinski definition) is 0. The van der Waals surface area contributed by atoms with Gasteiger partial charge in [-0.15, -0.1) is 0 Å². The third-order valence-corrected chi connectivity index (χ3v) is 7.68. The number of nitrogens with zero attached hydrogens (tertiary/aromatic N) is 2. The normalized spacial score (nSPS) is 14.9. The zero-order valence-corrected chi connectivity index (χ0v) is 22.7. The van der Waals surface area contributed by atoms with E-state index >= 15 is 0 Å². The molecule has 0 aliphatic carbocycles. The summed E-state index contributed by atoms with van der Waals surface area (Å²) in [6, 6.07) is 20.2. The van der Waals surface area contributed by atoms with Crippen molar-refractivity contribution in [1.29, 1.82) is 0 Å². The van der Waals surface area contributed by atoms with Gasteiger partial charge >= 0.3 is 0 Å². The molecule has 0 N–H and O–H groups in total. The topological polar surface area (TPSA) is 51.5 Å². The lowest BCUT2D eigenvalue weighted by atomic mass is 10.1. The third kappa shape index (κ3) is 5.06. The molecule has 0 atom stereocenters. The Morgan fingerprint density at radius 2 is 1.72 bits per heavy atom. The molecule has 1 fully saturated rings. The number of thioether (sulfide) groups is 1. The van der Waals surface area contributed by atoms with E-state index in [-0.39, 0.29) is 11.1 Å². The molecule has 1 aromatic heterocycles. The van der Waals surface area contributed by atoms with Crippen molar-refractivity contribution >= 4 is 84.7 Å². The van der Waals surface area contributed by atoms with E-state index < -0.39 is 0 Å². The van der Waals surface area contributed by atoms with E-state index in [4.69, 9.17) is 27.9 Å². The number of amides is 2. The van der Waals surface area contributed by atoms with Crippen LogP contribution in [0.2, 0.25) is 10.0 Å². The number of rotatable bonds is 7. The number of fused-ring (bicyclic) bond motifs is 1. The smallest absolute Gasteiger partial charge is 0.298 e. The highest BCUT2D eigenvalue weighted by Crippen LogP contribution is 2.39. The van der Waals surface area contributed by atoms with E-state index in [1.165, 1.54) is 0 Å². The standard InChI is InChI=1S/C27H19BrCl2N2O3S/c28-18-10-11-22-19(15-18)17(16-31(22)12-5-13-35-24-9-4-2-7-21(24)30)14-25-26(33)32(27(34)36-25)23-8-3-1-6-20(23)29/h1-4,6-11,14-16H,5,12-13H2/b25-14-. The Morgan fingerprint density at radius 1 is 0.972 bits per heavy atom. The van der Waals surface area contributed by atoms with Crippen LogP contribution >= 0.6 is 50.9 Å². The van der Waals surface area contributed by atoms with E-state index in [0.29, 0.717) is 39.5 Å². The van der Waals surface area contributed by atoms with Gasteiger partial charge in [0.2, 0.25) is 0 Å². The van der Waals surface area contributed by atoms with Gasteiger partial charge in [0.1, 0.15) is 5.75 Å². The summed E-state index contributed by atoms with van der Waals surface area (Å²) in [5.41, 5.74) is 2.25. The molecule has 0 radical (unpaired) electrons. The summed E-state index contributed by atoms with van der Waals surface area (Å²) < 4.78 is 8.88. The second-order valence-electron chi connectivity index (χ2n) is 8.04. The van der Waals surface area contributed by atoms with Crippen LogP contribution in [-0.4, -0.2) is 22.3 Å². The number of carbonyl (C=O) groups is 2. The Morgan fingerprint density at radius 3 is 2.50 bits per heavy atom. The Labute approximate surface area is 230 Å². The van der Waals surface area contributed by atoms with Crippen LogP contribution in [0.4, 0.5) is 10.5 Å². The average molecular weight is 602 g/mol. The van der Waals surface area contributed by atoms with Crippen LogP contribution < -0.4 is 9.64 Å². The molecular weight excluding hydrogens is 583 g/mol. The SMILES string of the molecule is O=C1S/C(=C\c2cn(CCCOc3ccccc3Cl)c3ccc(Br)cc23)C(=O)N1c1ccccc1Cl. The fourth-order valence-corrected chi connectivity index (χ4v) is 5.62. The number of ether oxygens (including phenoxy) is 1. The molecule has 5 nitrogen and oxygen atoms in total. The van der Waals surface area contributed by atoms with Crippen molar-refractivity contribution in [1.82, 2.24) is 4.57 Å². The Bertz CT molecular complexity index is 1520. The maximum absolute atomic E-state index is 13.2. The van der Waals surface area contributed by atoms with Crippen LogP contribution in [0.25, 0.3) is 17.0 Å². The molecule has 4 aromatic rings. The van der Waals surface area contributed by atoms with Gasteiger partial charge in [-0.25, -0.2) is 4.90 Å². The summed E-state index contributed by atoms with van der Waals surface area (Å²) >= 11 is 16.9. The zero-order chi connectivity index (χ0) is 25.2. The third-order valence-electron chi connectivity index (χ3n) is 5.69. The second-order valence-corrected chi connectivity index (χ2v) is 10.8. The predicted octanol–water partition coefficient (Wildman–Crippen LogP) is 8.42. The first-order valence-electron chi connectivity index (χ1n) is 11.1. The zero-order valence-electron chi connectivity index (χ0n) is 18.8. The largest absolute Gasteiger partial charge is 0.492 e. The Kier molecular flexibility index (Phi) is 7.44. The first-order valence-corrected chi connectivity index (χ1v) is 13.5. The molecule has 0 spiro atoms. The van der Waals surface area contributed by atoms with Crippen LogP contribution in [0.15, 0.2) is 82.3 Å². The number of para-hydroxylation sites is 2. The van der Waals surface area contributed by atoms with Gasteiger partial charge in [-0.05, 0) is 66.7 Å². The van der Waals surface area contributed by atoms with Gasteiger partial charge < -0.3 is 9.30 Å². The molecule has 0 unspecified atom stereocenters. The first-order chi connectivity index (χ1) is 17.4. The fourth-order valence-electron chi connectivity index (χ4n) is 4.03. The number of imide groups is 1. The van der Waals surface area contributed by atoms with Gasteiger partial charge in [-0.2, -0.15) is 0 Å². The van der Waals surface area contributed by atoms with Crippen molar-refractivity contribution in [2.45, 2.75) is 13.0 Å². The number of benzene rings is 3. The number of hydrogen-bond acceptors (Lipinski definition) is 4. The minimum atomic E-state index is -0.387. The van der Waals surface area contributed by atoms with Gasteiger partial charge in [0, 0.05) is 33.7 Å². The highest BCUT2D eigenvalue weighted by atomic mass is 79.9. The summed E-state index contributed by atoms with van der Waals surface area (Å²) in [6.07, 6.45) is 4.52. The number of aromatic nitrogens is 1. The van der Waals surface area contributed by atoms with Crippen molar-refractivity contribution < 1.29 is 14.3 Å². The molecule has 1 saturated heterocycles. The first kappa shape index (κ1) is 25.0. The maximum atomic E-state index is 13.2. The predicted molar refractivity (Wildman–Crippen MR) is 151 cm³/mol. The minimum Gasteiger partial charge on any atom is -0.492 e. The lowest BCUT2D eigenvalue weighted by molar-refractivity contribution is -0.113. The average Bonchev–Trinajstić information content (AvgIpc) is 3.34. The summed E-state index contributed by atoms with van der Waals surface area (Å²) in [4.78, 5) is 27.4. The molecule has 3 aromatic carbocycles. The van der Waals surface area contributed by atoms with E-state index in [9.17, 15) is 9.59 Å². The van der Waals surface area contributed by atoms with E-state index in [1.54, 1.807) is 36.4 Å². The molecule has 182 valence electrons. The lowest BCUT2D eigenvalue weighted by Gasteiger charge is -2.13. The number of anilines is 1. The number of halogens is 3. The molecule has 2 heterocycles. The van der Waals surface area contributed by atoms with Crippen LogP contribution in [0.3, 0.4) is 0 Å². The molecule has 2 amide bonds. The van der Waals surface area contributed by atoms with Crippen LogP contribution in [-0.2, 0) is 11.3 Å². The van der Waals surface area contributed by atoms with Crippen molar-refractivity contribution in [3.8, 4) is 5.75 Å². The maximum Gasteiger partial charge on any atom is 0.298 e. The number of carbonyl (C=O) groups excluding carboxylic acids is 2. The Hall–Kier alpha value is -2.71. The van der Waals surface area contributed by atoms with Gasteiger partial charge in [-0.3, -0.25) is 9.59 Å². The van der Waals surface area contributed by atoms with Crippen LogP contribution in [0.5, 0.6) is 5.75 Å². The van der Waals surface area contributed by atoms with E-state index in [0.717, 1.165) is 44.0 Å². The highest BCUT2D eigenvalue weighted by Gasteiger charge is 2.37. The van der Waals surface area contributed by atoms with Crippen molar-refractivity contribution in [3.05, 3.63) is 97.9 Å². The minimum absolute atomic E-state index is 0.348. The van der Waals surface area contributed by atoms with Crippen molar-refractivity contribution in [3.63, 3.8) is 0 Å². The summed E-state index contributed by atoms with van der Waals surface area (Å²) in [5.74, 6) is 0.275. The van der Waals surface area contributed by atoms with Crippen LogP contribution in [0, 0.1) is 0 Å². The molecule has 36 heavy (non-hydrogen) atoms. The number of aryl methyl sites for hydroxylation is 1. The van der Waals surface area contributed by atoms with Gasteiger partial charge in [-0.1, -0.05) is 63.4 Å². The lowest BCUT2D eigenvalue weighted by Crippen LogP contribution is -2.27. The molecule has 0 bridgehead atoms. The van der Waals surface area contributed by atoms with Gasteiger partial charge in [0.15, 0.2) is 0 Å². The monoisotopic (exact) mass is 600 g/mol. The quantitative estimate of drug-likeness (QED) is 0.158. The fraction of sp³-hybridized carbons (Fsp3) is 0.111. The highest BCUT2D eigenvalue weighted by molar-refractivity contribution is 9.10. The van der Waals surface area contributed by atoms with E-state index in [2.05, 4.69) is 20.5 Å². The molecular formula is C27H19BrCl2N2O3S. The molecule has 1 aliphatic heterocycles. The Balaban J connectivity index is 1.39. The molecule has 9 heteroatoms. The summed E-state index contributed by atoms with van der Waals surface area (Å²) in [5, 5.41) is 1.53. The van der Waals surface area contributed by atoms with Crippen molar-refractivity contribution in [2.75, 3.05) is 11.5 Å². The van der Waals surface area contributed by atoms with Gasteiger partial charge in [0.25, 0.3) is 11.1 Å². The summed E-state index contributed by atoms with van der Waals surface area (Å²) in [6.45, 7) is 1.21. The van der Waals surface area contributed by atoms with Crippen LogP contribution in [0.1, 0.15) is 12.0 Å². The summed E-state index contributed by atoms with van der Waals surface area (Å²) in [7, 11) is 0. The molecule has 5 rings (SSSR count). The second kappa shape index (κ2) is 10.7.